The van der Waals surface area contributed by atoms with E-state index in [1.807, 2.05) is 48.5 Å². The molecule has 26 heavy (non-hydrogen) atoms. The van der Waals surface area contributed by atoms with E-state index in [0.717, 1.165) is 11.1 Å². The van der Waals surface area contributed by atoms with Crippen LogP contribution in [0.15, 0.2) is 63.6 Å². The molecule has 1 saturated heterocycles. The quantitative estimate of drug-likeness (QED) is 0.500. The fraction of sp³-hybridized carbons (Fsp3) is 0.105. The van der Waals surface area contributed by atoms with Crippen LogP contribution >= 0.6 is 11.8 Å². The number of amides is 1. The van der Waals surface area contributed by atoms with Crippen LogP contribution in [0.4, 0.5) is 0 Å². The van der Waals surface area contributed by atoms with Crippen molar-refractivity contribution >= 4 is 35.1 Å². The summed E-state index contributed by atoms with van der Waals surface area (Å²) >= 11 is 1.23. The van der Waals surface area contributed by atoms with Gasteiger partial charge in [-0.2, -0.15) is 5.10 Å². The topological polar surface area (TPSA) is 72.3 Å². The number of methoxy groups -OCH3 is 2. The van der Waals surface area contributed by atoms with Crippen molar-refractivity contribution in [2.75, 3.05) is 14.2 Å². The Morgan fingerprint density at radius 1 is 0.962 bits per heavy atom. The first-order chi connectivity index (χ1) is 12.7. The van der Waals surface area contributed by atoms with Gasteiger partial charge >= 0.3 is 0 Å². The molecular formula is C19H17N3O3S. The van der Waals surface area contributed by atoms with E-state index in [1.54, 1.807) is 26.5 Å². The molecule has 0 aromatic heterocycles. The number of benzene rings is 2. The van der Waals surface area contributed by atoms with Crippen LogP contribution in [0.5, 0.6) is 11.5 Å². The Bertz CT molecular complexity index is 906. The molecule has 1 fully saturated rings. The summed E-state index contributed by atoms with van der Waals surface area (Å²) in [5, 5.41) is 11.2. The highest BCUT2D eigenvalue weighted by molar-refractivity contribution is 8.18. The molecule has 1 heterocycles. The minimum Gasteiger partial charge on any atom is -0.496 e. The first-order valence-electron chi connectivity index (χ1n) is 7.79. The number of rotatable bonds is 5. The second-order valence-corrected chi connectivity index (χ2v) is 6.23. The van der Waals surface area contributed by atoms with Gasteiger partial charge in [-0.15, -0.1) is 5.10 Å². The molecule has 2 aromatic carbocycles. The third-order valence-corrected chi connectivity index (χ3v) is 4.46. The minimum absolute atomic E-state index is 0.216. The lowest BCUT2D eigenvalue weighted by atomic mass is 10.2. The zero-order valence-corrected chi connectivity index (χ0v) is 15.1. The monoisotopic (exact) mass is 367 g/mol. The van der Waals surface area contributed by atoms with Gasteiger partial charge in [0.2, 0.25) is 0 Å². The summed E-state index contributed by atoms with van der Waals surface area (Å²) in [6, 6.07) is 15.0. The summed E-state index contributed by atoms with van der Waals surface area (Å²) < 4.78 is 10.6. The Balaban J connectivity index is 1.76. The molecule has 3 rings (SSSR count). The van der Waals surface area contributed by atoms with Crippen molar-refractivity contribution in [2.24, 2.45) is 10.2 Å². The second kappa shape index (κ2) is 8.35. The number of amidine groups is 1. The van der Waals surface area contributed by atoms with Crippen molar-refractivity contribution in [2.45, 2.75) is 0 Å². The van der Waals surface area contributed by atoms with Crippen LogP contribution in [0.1, 0.15) is 11.1 Å². The van der Waals surface area contributed by atoms with Gasteiger partial charge < -0.3 is 9.47 Å². The molecule has 0 radical (unpaired) electrons. The van der Waals surface area contributed by atoms with Crippen LogP contribution in [0.3, 0.4) is 0 Å². The average Bonchev–Trinajstić information content (AvgIpc) is 3.02. The molecule has 1 N–H and O–H groups in total. The Kier molecular flexibility index (Phi) is 5.70. The zero-order valence-electron chi connectivity index (χ0n) is 14.3. The Hall–Kier alpha value is -3.06. The summed E-state index contributed by atoms with van der Waals surface area (Å²) in [4.78, 5) is 12.7. The zero-order chi connectivity index (χ0) is 18.4. The number of para-hydroxylation sites is 2. The number of nitrogens with zero attached hydrogens (tertiary/aromatic N) is 2. The standard InChI is InChI=1S/C19H17N3O3S/c1-24-15-9-5-3-7-13(15)11-17-18(23)21-19(26-17)22-20-12-14-8-4-6-10-16(14)25-2/h3-12H,1-2H3,(H,21,22,23)/b17-11+,20-12-. The van der Waals surface area contributed by atoms with E-state index in [0.29, 0.717) is 21.6 Å². The van der Waals surface area contributed by atoms with Gasteiger partial charge in [0.05, 0.1) is 25.3 Å². The largest absolute Gasteiger partial charge is 0.496 e. The van der Waals surface area contributed by atoms with E-state index in [-0.39, 0.29) is 5.91 Å². The number of carbonyl (C=O) groups excluding carboxylic acids is 1. The van der Waals surface area contributed by atoms with E-state index in [9.17, 15) is 4.79 Å². The molecule has 0 bridgehead atoms. The summed E-state index contributed by atoms with van der Waals surface area (Å²) in [6.45, 7) is 0. The fourth-order valence-corrected chi connectivity index (χ4v) is 3.09. The van der Waals surface area contributed by atoms with Crippen LogP contribution < -0.4 is 14.8 Å². The summed E-state index contributed by atoms with van der Waals surface area (Å²) in [6.07, 6.45) is 3.35. The summed E-state index contributed by atoms with van der Waals surface area (Å²) in [5.41, 5.74) is 1.63. The van der Waals surface area contributed by atoms with Crippen LogP contribution in [-0.4, -0.2) is 31.5 Å². The maximum absolute atomic E-state index is 12.1. The molecule has 1 amide bonds. The number of hydrogen-bond donors (Lipinski definition) is 1. The molecule has 132 valence electrons. The Morgan fingerprint density at radius 2 is 1.58 bits per heavy atom. The smallest absolute Gasteiger partial charge is 0.264 e. The first kappa shape index (κ1) is 17.8. The molecule has 6 nitrogen and oxygen atoms in total. The van der Waals surface area contributed by atoms with Gasteiger partial charge in [0.1, 0.15) is 11.5 Å². The Labute approximate surface area is 155 Å². The number of ether oxygens (including phenoxy) is 2. The molecule has 0 spiro atoms. The Morgan fingerprint density at radius 3 is 2.27 bits per heavy atom. The predicted molar refractivity (Wildman–Crippen MR) is 105 cm³/mol. The van der Waals surface area contributed by atoms with Crippen molar-refractivity contribution in [3.8, 4) is 11.5 Å². The number of thioether (sulfide) groups is 1. The predicted octanol–water partition coefficient (Wildman–Crippen LogP) is 3.30. The van der Waals surface area contributed by atoms with E-state index in [4.69, 9.17) is 9.47 Å². The molecular weight excluding hydrogens is 350 g/mol. The van der Waals surface area contributed by atoms with Crippen LogP contribution in [-0.2, 0) is 4.79 Å². The normalized spacial score (nSPS) is 17.1. The lowest BCUT2D eigenvalue weighted by Gasteiger charge is -2.03. The lowest BCUT2D eigenvalue weighted by Crippen LogP contribution is -2.19. The molecule has 0 unspecified atom stereocenters. The number of hydrogen-bond acceptors (Lipinski definition) is 6. The van der Waals surface area contributed by atoms with Crippen LogP contribution in [0, 0.1) is 0 Å². The fourth-order valence-electron chi connectivity index (χ4n) is 2.32. The van der Waals surface area contributed by atoms with Crippen molar-refractivity contribution < 1.29 is 14.3 Å². The maximum atomic E-state index is 12.1. The molecule has 0 aliphatic carbocycles. The highest BCUT2D eigenvalue weighted by atomic mass is 32.2. The third kappa shape index (κ3) is 4.12. The molecule has 1 aliphatic heterocycles. The SMILES string of the molecule is COc1ccccc1/C=N\N=C1NC(=O)/C(=C\c2ccccc2OC)S1. The number of nitrogens with one attached hydrogen (secondary N) is 1. The molecule has 0 saturated carbocycles. The number of carbonyl (C=O) groups is 1. The van der Waals surface area contributed by atoms with Gasteiger partial charge in [-0.05, 0) is 36.0 Å². The van der Waals surface area contributed by atoms with Gasteiger partial charge in [0, 0.05) is 11.1 Å². The minimum atomic E-state index is -0.216. The lowest BCUT2D eigenvalue weighted by molar-refractivity contribution is -0.115. The third-order valence-electron chi connectivity index (χ3n) is 3.56. The highest BCUT2D eigenvalue weighted by Gasteiger charge is 2.24. The van der Waals surface area contributed by atoms with Crippen molar-refractivity contribution in [3.05, 3.63) is 64.6 Å². The molecule has 7 heteroatoms. The van der Waals surface area contributed by atoms with Gasteiger partial charge in [-0.25, -0.2) is 0 Å². The van der Waals surface area contributed by atoms with Crippen molar-refractivity contribution in [3.63, 3.8) is 0 Å². The van der Waals surface area contributed by atoms with Gasteiger partial charge in [-0.1, -0.05) is 30.3 Å². The van der Waals surface area contributed by atoms with Gasteiger partial charge in [0.25, 0.3) is 5.91 Å². The van der Waals surface area contributed by atoms with E-state index < -0.39 is 0 Å². The molecule has 2 aromatic rings. The highest BCUT2D eigenvalue weighted by Crippen LogP contribution is 2.29. The maximum Gasteiger partial charge on any atom is 0.264 e. The summed E-state index contributed by atoms with van der Waals surface area (Å²) in [5.74, 6) is 1.19. The van der Waals surface area contributed by atoms with Crippen LogP contribution in [0.25, 0.3) is 6.08 Å². The van der Waals surface area contributed by atoms with Crippen molar-refractivity contribution in [1.29, 1.82) is 0 Å². The van der Waals surface area contributed by atoms with Crippen LogP contribution in [0.2, 0.25) is 0 Å². The van der Waals surface area contributed by atoms with E-state index in [1.165, 1.54) is 11.8 Å². The van der Waals surface area contributed by atoms with Crippen molar-refractivity contribution in [1.82, 2.24) is 5.32 Å². The molecule has 0 atom stereocenters. The first-order valence-corrected chi connectivity index (χ1v) is 8.61. The average molecular weight is 367 g/mol. The van der Waals surface area contributed by atoms with Gasteiger partial charge in [0.15, 0.2) is 5.17 Å². The molecule has 1 aliphatic rings. The second-order valence-electron chi connectivity index (χ2n) is 5.20. The van der Waals surface area contributed by atoms with E-state index >= 15 is 0 Å². The van der Waals surface area contributed by atoms with E-state index in [2.05, 4.69) is 15.5 Å². The summed E-state index contributed by atoms with van der Waals surface area (Å²) in [7, 11) is 3.19. The van der Waals surface area contributed by atoms with Gasteiger partial charge in [-0.3, -0.25) is 10.1 Å².